The molecule has 0 aliphatic rings. The first-order valence-electron chi connectivity index (χ1n) is 9.95. The second-order valence-electron chi connectivity index (χ2n) is 7.11. The van der Waals surface area contributed by atoms with Crippen LogP contribution >= 0.6 is 0 Å². The zero-order chi connectivity index (χ0) is 21.7. The third-order valence-corrected chi connectivity index (χ3v) is 5.03. The standard InChI is InChI=1S/C28H27NO/c1-7-12-21(8-2)25(9-3)29-27(23-17-15-22(16-18-23)19(4)5)28-20(6)24-13-10-11-14-26(24)30-28/h7-18H,1-2,4H2,3,5-6H3/b21-12+,25-9-,29-27?. The average Bonchev–Trinajstić information content (AvgIpc) is 3.10. The summed E-state index contributed by atoms with van der Waals surface area (Å²) in [7, 11) is 0. The summed E-state index contributed by atoms with van der Waals surface area (Å²) in [6.07, 6.45) is 7.40. The van der Waals surface area contributed by atoms with Crippen molar-refractivity contribution < 1.29 is 4.42 Å². The van der Waals surface area contributed by atoms with Crippen LogP contribution in [0.1, 0.15) is 36.3 Å². The van der Waals surface area contributed by atoms with Crippen LogP contribution in [0.25, 0.3) is 16.5 Å². The fraction of sp³-hybridized carbons (Fsp3) is 0.107. The van der Waals surface area contributed by atoms with Gasteiger partial charge in [-0.2, -0.15) is 0 Å². The Balaban J connectivity index is 2.26. The Morgan fingerprint density at radius 2 is 1.67 bits per heavy atom. The molecule has 0 unspecified atom stereocenters. The van der Waals surface area contributed by atoms with E-state index in [-0.39, 0.29) is 0 Å². The predicted octanol–water partition coefficient (Wildman–Crippen LogP) is 7.81. The SMILES string of the molecule is C=C/C=C(C=C)/C(=C/C)N=C(c1ccc(C(=C)C)cc1)c1oc2ccccc2c1C. The molecule has 0 N–H and O–H groups in total. The lowest BCUT2D eigenvalue weighted by atomic mass is 10.00. The van der Waals surface area contributed by atoms with Crippen molar-refractivity contribution in [3.63, 3.8) is 0 Å². The number of nitrogens with zero attached hydrogens (tertiary/aromatic N) is 1. The topological polar surface area (TPSA) is 25.5 Å². The van der Waals surface area contributed by atoms with Crippen LogP contribution in [0.5, 0.6) is 0 Å². The number of hydrogen-bond donors (Lipinski definition) is 0. The van der Waals surface area contributed by atoms with Gasteiger partial charge < -0.3 is 4.42 Å². The summed E-state index contributed by atoms with van der Waals surface area (Å²) in [5.74, 6) is 0.764. The lowest BCUT2D eigenvalue weighted by Gasteiger charge is -2.10. The van der Waals surface area contributed by atoms with Gasteiger partial charge in [0.15, 0.2) is 5.76 Å². The molecule has 150 valence electrons. The van der Waals surface area contributed by atoms with Gasteiger partial charge in [-0.05, 0) is 38.0 Å². The number of para-hydroxylation sites is 1. The minimum atomic E-state index is 0.764. The van der Waals surface area contributed by atoms with Gasteiger partial charge in [0.2, 0.25) is 0 Å². The lowest BCUT2D eigenvalue weighted by molar-refractivity contribution is 0.602. The quantitative estimate of drug-likeness (QED) is 0.297. The van der Waals surface area contributed by atoms with Crippen LogP contribution in [-0.2, 0) is 0 Å². The molecule has 1 heterocycles. The molecule has 3 aromatic rings. The van der Waals surface area contributed by atoms with Gasteiger partial charge in [0.25, 0.3) is 0 Å². The van der Waals surface area contributed by atoms with E-state index in [1.54, 1.807) is 12.2 Å². The molecule has 30 heavy (non-hydrogen) atoms. The molecule has 0 atom stereocenters. The molecule has 2 nitrogen and oxygen atoms in total. The molecule has 3 rings (SSSR count). The maximum Gasteiger partial charge on any atom is 0.157 e. The van der Waals surface area contributed by atoms with E-state index in [2.05, 4.69) is 57.0 Å². The largest absolute Gasteiger partial charge is 0.454 e. The molecule has 0 aliphatic heterocycles. The molecule has 0 radical (unpaired) electrons. The number of benzene rings is 2. The molecule has 2 heteroatoms. The highest BCUT2D eigenvalue weighted by atomic mass is 16.3. The minimum absolute atomic E-state index is 0.764. The molecular formula is C28H27NO. The monoisotopic (exact) mass is 393 g/mol. The third-order valence-electron chi connectivity index (χ3n) is 5.03. The Hall–Kier alpha value is -3.65. The predicted molar refractivity (Wildman–Crippen MR) is 130 cm³/mol. The number of hydrogen-bond acceptors (Lipinski definition) is 2. The Bertz CT molecular complexity index is 1200. The lowest BCUT2D eigenvalue weighted by Crippen LogP contribution is -2.05. The van der Waals surface area contributed by atoms with Gasteiger partial charge in [-0.15, -0.1) is 0 Å². The van der Waals surface area contributed by atoms with Gasteiger partial charge in [-0.3, -0.25) is 0 Å². The van der Waals surface area contributed by atoms with E-state index in [1.165, 1.54) is 0 Å². The van der Waals surface area contributed by atoms with E-state index in [0.29, 0.717) is 0 Å². The summed E-state index contributed by atoms with van der Waals surface area (Å²) >= 11 is 0. The highest BCUT2D eigenvalue weighted by molar-refractivity contribution is 6.14. The number of aryl methyl sites for hydroxylation is 1. The van der Waals surface area contributed by atoms with Crippen molar-refractivity contribution in [1.29, 1.82) is 0 Å². The van der Waals surface area contributed by atoms with Gasteiger partial charge in [-0.1, -0.05) is 92.1 Å². The van der Waals surface area contributed by atoms with Crippen molar-refractivity contribution in [2.24, 2.45) is 4.99 Å². The van der Waals surface area contributed by atoms with Crippen molar-refractivity contribution >= 4 is 22.3 Å². The van der Waals surface area contributed by atoms with E-state index in [0.717, 1.165) is 56.0 Å². The van der Waals surface area contributed by atoms with E-state index >= 15 is 0 Å². The second-order valence-corrected chi connectivity index (χ2v) is 7.11. The van der Waals surface area contributed by atoms with Crippen molar-refractivity contribution in [3.05, 3.63) is 126 Å². The summed E-state index contributed by atoms with van der Waals surface area (Å²) in [6, 6.07) is 16.3. The highest BCUT2D eigenvalue weighted by Crippen LogP contribution is 2.29. The van der Waals surface area contributed by atoms with Crippen LogP contribution in [0.15, 0.2) is 113 Å². The summed E-state index contributed by atoms with van der Waals surface area (Å²) in [4.78, 5) is 5.03. The summed E-state index contributed by atoms with van der Waals surface area (Å²) < 4.78 is 6.27. The smallest absolute Gasteiger partial charge is 0.157 e. The Morgan fingerprint density at radius 3 is 2.23 bits per heavy atom. The normalized spacial score (nSPS) is 12.8. The van der Waals surface area contributed by atoms with Gasteiger partial charge in [0.05, 0.1) is 5.70 Å². The van der Waals surface area contributed by atoms with Gasteiger partial charge >= 0.3 is 0 Å². The molecule has 0 amide bonds. The highest BCUT2D eigenvalue weighted by Gasteiger charge is 2.18. The van der Waals surface area contributed by atoms with E-state index in [9.17, 15) is 0 Å². The van der Waals surface area contributed by atoms with Gasteiger partial charge in [-0.25, -0.2) is 4.99 Å². The molecule has 2 aromatic carbocycles. The molecule has 1 aromatic heterocycles. The van der Waals surface area contributed by atoms with Crippen LogP contribution in [0.3, 0.4) is 0 Å². The molecule has 0 fully saturated rings. The fourth-order valence-electron chi connectivity index (χ4n) is 3.36. The van der Waals surface area contributed by atoms with Gasteiger partial charge in [0.1, 0.15) is 11.3 Å². The van der Waals surface area contributed by atoms with E-state index < -0.39 is 0 Å². The summed E-state index contributed by atoms with van der Waals surface area (Å²) in [5, 5.41) is 1.09. The first-order valence-corrected chi connectivity index (χ1v) is 9.95. The zero-order valence-corrected chi connectivity index (χ0v) is 17.9. The number of fused-ring (bicyclic) bond motifs is 1. The molecule has 0 saturated heterocycles. The molecule has 0 spiro atoms. The number of allylic oxidation sites excluding steroid dienone is 5. The third kappa shape index (κ3) is 4.18. The van der Waals surface area contributed by atoms with Crippen LogP contribution < -0.4 is 0 Å². The average molecular weight is 394 g/mol. The van der Waals surface area contributed by atoms with Crippen molar-refractivity contribution in [2.75, 3.05) is 0 Å². The summed E-state index contributed by atoms with van der Waals surface area (Å²) in [6.45, 7) is 17.8. The van der Waals surface area contributed by atoms with Gasteiger partial charge in [0, 0.05) is 16.5 Å². The van der Waals surface area contributed by atoms with Crippen LogP contribution in [0.2, 0.25) is 0 Å². The van der Waals surface area contributed by atoms with Crippen molar-refractivity contribution in [1.82, 2.24) is 0 Å². The first-order chi connectivity index (χ1) is 14.5. The number of rotatable bonds is 7. The Labute approximate surface area is 179 Å². The Morgan fingerprint density at radius 1 is 1.00 bits per heavy atom. The molecular weight excluding hydrogens is 366 g/mol. The summed E-state index contributed by atoms with van der Waals surface area (Å²) in [5.41, 5.74) is 7.51. The zero-order valence-electron chi connectivity index (χ0n) is 17.9. The fourth-order valence-corrected chi connectivity index (χ4v) is 3.36. The minimum Gasteiger partial charge on any atom is -0.454 e. The maximum absolute atomic E-state index is 6.27. The van der Waals surface area contributed by atoms with Crippen molar-refractivity contribution in [2.45, 2.75) is 20.8 Å². The molecule has 0 saturated carbocycles. The number of furan rings is 1. The first kappa shape index (κ1) is 21.1. The van der Waals surface area contributed by atoms with Crippen LogP contribution in [0, 0.1) is 6.92 Å². The van der Waals surface area contributed by atoms with Crippen LogP contribution in [0.4, 0.5) is 0 Å². The maximum atomic E-state index is 6.27. The van der Waals surface area contributed by atoms with E-state index in [1.807, 2.05) is 44.2 Å². The van der Waals surface area contributed by atoms with Crippen molar-refractivity contribution in [3.8, 4) is 0 Å². The molecule has 0 bridgehead atoms. The van der Waals surface area contributed by atoms with Crippen LogP contribution in [-0.4, -0.2) is 5.71 Å². The van der Waals surface area contributed by atoms with E-state index in [4.69, 9.17) is 9.41 Å². The molecule has 0 aliphatic carbocycles. The Kier molecular flexibility index (Phi) is 6.48. The second kappa shape index (κ2) is 9.23. The number of aliphatic imine (C=N–C) groups is 1.